The Bertz CT molecular complexity index is 338. The van der Waals surface area contributed by atoms with Crippen LogP contribution in [0.1, 0.15) is 25.7 Å². The average Bonchev–Trinajstić information content (AvgIpc) is 3.03. The van der Waals surface area contributed by atoms with Crippen molar-refractivity contribution < 1.29 is 24.6 Å². The van der Waals surface area contributed by atoms with E-state index < -0.39 is 29.3 Å². The summed E-state index contributed by atoms with van der Waals surface area (Å²) in [5, 5.41) is 19.7. The first-order valence-corrected chi connectivity index (χ1v) is 5.36. The van der Waals surface area contributed by atoms with Crippen molar-refractivity contribution in [1.29, 1.82) is 0 Å². The van der Waals surface area contributed by atoms with Crippen LogP contribution in [0.15, 0.2) is 0 Å². The van der Waals surface area contributed by atoms with Gasteiger partial charge >= 0.3 is 11.9 Å². The zero-order valence-electron chi connectivity index (χ0n) is 9.31. The Morgan fingerprint density at radius 3 is 2.29 bits per heavy atom. The maximum absolute atomic E-state index is 11.4. The van der Waals surface area contributed by atoms with E-state index >= 15 is 0 Å². The Hall–Kier alpha value is -1.63. The van der Waals surface area contributed by atoms with Crippen LogP contribution < -0.4 is 11.1 Å². The van der Waals surface area contributed by atoms with E-state index in [9.17, 15) is 14.4 Å². The van der Waals surface area contributed by atoms with Gasteiger partial charge in [0.2, 0.25) is 5.91 Å². The zero-order valence-corrected chi connectivity index (χ0v) is 9.31. The summed E-state index contributed by atoms with van der Waals surface area (Å²) in [5.41, 5.74) is 4.64. The Kier molecular flexibility index (Phi) is 4.06. The van der Waals surface area contributed by atoms with Crippen LogP contribution in [-0.4, -0.2) is 40.6 Å². The summed E-state index contributed by atoms with van der Waals surface area (Å²) in [6, 6.07) is -0.907. The number of carboxylic acid groups (broad SMARTS) is 2. The third-order valence-corrected chi connectivity index (χ3v) is 2.91. The SMILES string of the molecule is NC(CCC(=O)O)C(=O)NCC1(C(=O)O)CC1. The van der Waals surface area contributed by atoms with Crippen LogP contribution in [0.2, 0.25) is 0 Å². The van der Waals surface area contributed by atoms with E-state index in [1.807, 2.05) is 0 Å². The number of amides is 1. The lowest BCUT2D eigenvalue weighted by atomic mass is 10.1. The molecule has 0 spiro atoms. The molecule has 0 bridgehead atoms. The fourth-order valence-corrected chi connectivity index (χ4v) is 1.41. The first-order chi connectivity index (χ1) is 7.87. The Morgan fingerprint density at radius 1 is 1.29 bits per heavy atom. The lowest BCUT2D eigenvalue weighted by Crippen LogP contribution is -2.44. The molecule has 0 saturated heterocycles. The second-order valence-corrected chi connectivity index (χ2v) is 4.34. The number of aliphatic carboxylic acids is 2. The molecule has 1 aliphatic rings. The van der Waals surface area contributed by atoms with Gasteiger partial charge in [0.25, 0.3) is 0 Å². The molecule has 1 rings (SSSR count). The maximum atomic E-state index is 11.4. The molecule has 0 aromatic carbocycles. The van der Waals surface area contributed by atoms with Crippen LogP contribution in [0.5, 0.6) is 0 Å². The number of nitrogens with one attached hydrogen (secondary N) is 1. The average molecular weight is 244 g/mol. The summed E-state index contributed by atoms with van der Waals surface area (Å²) in [4.78, 5) is 32.5. The topological polar surface area (TPSA) is 130 Å². The normalized spacial score (nSPS) is 18.2. The van der Waals surface area contributed by atoms with Gasteiger partial charge in [-0.1, -0.05) is 0 Å². The highest BCUT2D eigenvalue weighted by atomic mass is 16.4. The van der Waals surface area contributed by atoms with E-state index in [4.69, 9.17) is 15.9 Å². The third kappa shape index (κ3) is 3.70. The number of carbonyl (C=O) groups excluding carboxylic acids is 1. The van der Waals surface area contributed by atoms with Crippen molar-refractivity contribution >= 4 is 17.8 Å². The first kappa shape index (κ1) is 13.4. The number of hydrogen-bond donors (Lipinski definition) is 4. The maximum Gasteiger partial charge on any atom is 0.311 e. The van der Waals surface area contributed by atoms with E-state index in [1.54, 1.807) is 0 Å². The summed E-state index contributed by atoms with van der Waals surface area (Å²) < 4.78 is 0. The van der Waals surface area contributed by atoms with Crippen molar-refractivity contribution in [3.8, 4) is 0 Å². The Morgan fingerprint density at radius 2 is 1.88 bits per heavy atom. The van der Waals surface area contributed by atoms with Crippen LogP contribution in [0.4, 0.5) is 0 Å². The van der Waals surface area contributed by atoms with Gasteiger partial charge in [0.1, 0.15) is 0 Å². The standard InChI is InChI=1S/C10H16N2O5/c11-6(1-2-7(13)14)8(15)12-5-10(3-4-10)9(16)17/h6H,1-5,11H2,(H,12,15)(H,13,14)(H,16,17). The van der Waals surface area contributed by atoms with Gasteiger partial charge in [-0.25, -0.2) is 0 Å². The molecule has 1 atom stereocenters. The largest absolute Gasteiger partial charge is 0.481 e. The summed E-state index contributed by atoms with van der Waals surface area (Å²) in [5.74, 6) is -2.44. The number of nitrogens with two attached hydrogens (primary N) is 1. The third-order valence-electron chi connectivity index (χ3n) is 2.91. The predicted octanol–water partition coefficient (Wildman–Crippen LogP) is -0.840. The minimum Gasteiger partial charge on any atom is -0.481 e. The molecule has 1 saturated carbocycles. The van der Waals surface area contributed by atoms with E-state index in [0.29, 0.717) is 12.8 Å². The smallest absolute Gasteiger partial charge is 0.311 e. The predicted molar refractivity (Wildman–Crippen MR) is 57.2 cm³/mol. The highest BCUT2D eigenvalue weighted by molar-refractivity contribution is 5.84. The summed E-state index contributed by atoms with van der Waals surface area (Å²) >= 11 is 0. The Labute approximate surface area is 98.0 Å². The molecular weight excluding hydrogens is 228 g/mol. The fourth-order valence-electron chi connectivity index (χ4n) is 1.41. The first-order valence-electron chi connectivity index (χ1n) is 5.36. The van der Waals surface area contributed by atoms with E-state index in [2.05, 4.69) is 5.32 Å². The highest BCUT2D eigenvalue weighted by Crippen LogP contribution is 2.45. The van der Waals surface area contributed by atoms with Gasteiger partial charge in [0, 0.05) is 13.0 Å². The molecule has 0 aromatic rings. The lowest BCUT2D eigenvalue weighted by molar-refractivity contribution is -0.143. The molecule has 0 heterocycles. The molecule has 1 aliphatic carbocycles. The fraction of sp³-hybridized carbons (Fsp3) is 0.700. The van der Waals surface area contributed by atoms with Crippen LogP contribution >= 0.6 is 0 Å². The molecule has 0 aliphatic heterocycles. The summed E-state index contributed by atoms with van der Waals surface area (Å²) in [6.45, 7) is 0.0575. The molecule has 0 aromatic heterocycles. The van der Waals surface area contributed by atoms with Crippen molar-refractivity contribution in [3.05, 3.63) is 0 Å². The number of hydrogen-bond acceptors (Lipinski definition) is 4. The Balaban J connectivity index is 2.29. The molecule has 7 nitrogen and oxygen atoms in total. The second kappa shape index (κ2) is 5.13. The van der Waals surface area contributed by atoms with Gasteiger partial charge in [-0.05, 0) is 19.3 Å². The van der Waals surface area contributed by atoms with Crippen LogP contribution in [0.25, 0.3) is 0 Å². The van der Waals surface area contributed by atoms with Gasteiger partial charge in [-0.2, -0.15) is 0 Å². The number of carbonyl (C=O) groups is 3. The van der Waals surface area contributed by atoms with Gasteiger partial charge in [-0.15, -0.1) is 0 Å². The molecular formula is C10H16N2O5. The lowest BCUT2D eigenvalue weighted by Gasteiger charge is -2.14. The van der Waals surface area contributed by atoms with E-state index in [1.165, 1.54) is 0 Å². The minimum absolute atomic E-state index is 0.0429. The van der Waals surface area contributed by atoms with E-state index in [-0.39, 0.29) is 19.4 Å². The summed E-state index contributed by atoms with van der Waals surface area (Å²) in [6.07, 6.45) is 0.958. The van der Waals surface area contributed by atoms with Crippen molar-refractivity contribution in [2.24, 2.45) is 11.1 Å². The molecule has 1 amide bonds. The number of carboxylic acids is 2. The monoisotopic (exact) mass is 244 g/mol. The van der Waals surface area contributed by atoms with Crippen LogP contribution in [0, 0.1) is 5.41 Å². The van der Waals surface area contributed by atoms with Crippen LogP contribution in [0.3, 0.4) is 0 Å². The molecule has 0 radical (unpaired) electrons. The van der Waals surface area contributed by atoms with Crippen molar-refractivity contribution in [2.75, 3.05) is 6.54 Å². The highest BCUT2D eigenvalue weighted by Gasteiger charge is 2.50. The van der Waals surface area contributed by atoms with Crippen molar-refractivity contribution in [1.82, 2.24) is 5.32 Å². The molecule has 17 heavy (non-hydrogen) atoms. The van der Waals surface area contributed by atoms with Crippen molar-refractivity contribution in [2.45, 2.75) is 31.7 Å². The summed E-state index contributed by atoms with van der Waals surface area (Å²) in [7, 11) is 0. The van der Waals surface area contributed by atoms with Gasteiger partial charge in [0.05, 0.1) is 11.5 Å². The van der Waals surface area contributed by atoms with Gasteiger partial charge in [0.15, 0.2) is 0 Å². The van der Waals surface area contributed by atoms with Gasteiger partial charge in [-0.3, -0.25) is 14.4 Å². The molecule has 1 unspecified atom stereocenters. The minimum atomic E-state index is -1.02. The molecule has 1 fully saturated rings. The molecule has 7 heteroatoms. The van der Waals surface area contributed by atoms with Crippen molar-refractivity contribution in [3.63, 3.8) is 0 Å². The van der Waals surface area contributed by atoms with Gasteiger partial charge < -0.3 is 21.3 Å². The van der Waals surface area contributed by atoms with E-state index in [0.717, 1.165) is 0 Å². The molecule has 5 N–H and O–H groups in total. The van der Waals surface area contributed by atoms with Crippen LogP contribution in [-0.2, 0) is 14.4 Å². The number of rotatable bonds is 7. The molecule has 96 valence electrons. The quantitative estimate of drug-likeness (QED) is 0.462. The second-order valence-electron chi connectivity index (χ2n) is 4.34. The zero-order chi connectivity index (χ0) is 13.1.